The van der Waals surface area contributed by atoms with E-state index in [4.69, 9.17) is 19.7 Å². The molecule has 92 valence electrons. The Bertz CT molecular complexity index is 255. The van der Waals surface area contributed by atoms with Gasteiger partial charge in [0.2, 0.25) is 5.57 Å². The summed E-state index contributed by atoms with van der Waals surface area (Å²) in [7, 11) is 0. The molecule has 0 saturated carbocycles. The number of ether oxygens (including phenoxy) is 2. The summed E-state index contributed by atoms with van der Waals surface area (Å²) in [5, 5.41) is 17.4. The largest absolute Gasteiger partial charge is 0.477 e. The number of hydrogen-bond donors (Lipinski definition) is 2. The van der Waals surface area contributed by atoms with Crippen LogP contribution in [-0.4, -0.2) is 35.4 Å². The van der Waals surface area contributed by atoms with Gasteiger partial charge < -0.3 is 19.7 Å². The predicted molar refractivity (Wildman–Crippen MR) is 54.8 cm³/mol. The lowest BCUT2D eigenvalue weighted by molar-refractivity contribution is -0.141. The van der Waals surface area contributed by atoms with Crippen LogP contribution in [0.15, 0.2) is 11.5 Å². The Morgan fingerprint density at radius 1 is 0.938 bits per heavy atom. The first-order chi connectivity index (χ1) is 7.54. The van der Waals surface area contributed by atoms with E-state index < -0.39 is 23.5 Å². The lowest BCUT2D eigenvalue weighted by Crippen LogP contribution is -2.17. The van der Waals surface area contributed by atoms with Crippen LogP contribution in [0.4, 0.5) is 0 Å². The van der Waals surface area contributed by atoms with E-state index in [9.17, 15) is 9.59 Å². The van der Waals surface area contributed by atoms with E-state index in [0.29, 0.717) is 12.8 Å². The van der Waals surface area contributed by atoms with Crippen LogP contribution in [0, 0.1) is 0 Å². The van der Waals surface area contributed by atoms with Gasteiger partial charge in [0.25, 0.3) is 0 Å². The first kappa shape index (κ1) is 14.3. The Kier molecular flexibility index (Phi) is 6.74. The molecule has 0 bridgehead atoms. The summed E-state index contributed by atoms with van der Waals surface area (Å²) in [6.45, 7) is 4.06. The maximum Gasteiger partial charge on any atom is 0.350 e. The monoisotopic (exact) mass is 232 g/mol. The van der Waals surface area contributed by atoms with Crippen molar-refractivity contribution in [1.82, 2.24) is 0 Å². The van der Waals surface area contributed by atoms with E-state index in [1.807, 2.05) is 13.8 Å². The molecule has 0 saturated heterocycles. The molecule has 0 amide bonds. The number of rotatable bonds is 8. The second kappa shape index (κ2) is 7.56. The number of carboxylic acids is 2. The fourth-order valence-corrected chi connectivity index (χ4v) is 0.842. The lowest BCUT2D eigenvalue weighted by atomic mass is 10.3. The molecule has 0 heterocycles. The number of aliphatic carboxylic acids is 2. The van der Waals surface area contributed by atoms with Crippen molar-refractivity contribution >= 4 is 11.9 Å². The Hall–Kier alpha value is -1.72. The van der Waals surface area contributed by atoms with E-state index >= 15 is 0 Å². The maximum atomic E-state index is 10.7. The zero-order valence-electron chi connectivity index (χ0n) is 9.36. The van der Waals surface area contributed by atoms with E-state index in [0.717, 1.165) is 0 Å². The van der Waals surface area contributed by atoms with Crippen LogP contribution in [0.2, 0.25) is 0 Å². The van der Waals surface area contributed by atoms with Crippen LogP contribution in [0.3, 0.4) is 0 Å². The second-order valence-corrected chi connectivity index (χ2v) is 2.97. The average molecular weight is 232 g/mol. The van der Waals surface area contributed by atoms with Crippen LogP contribution in [0.25, 0.3) is 0 Å². The molecule has 16 heavy (non-hydrogen) atoms. The quantitative estimate of drug-likeness (QED) is 0.283. The van der Waals surface area contributed by atoms with E-state index in [-0.39, 0.29) is 13.2 Å². The Morgan fingerprint density at radius 3 is 1.56 bits per heavy atom. The first-order valence-electron chi connectivity index (χ1n) is 5.01. The van der Waals surface area contributed by atoms with Gasteiger partial charge in [-0.3, -0.25) is 0 Å². The molecular weight excluding hydrogens is 216 g/mol. The molecule has 0 aliphatic carbocycles. The van der Waals surface area contributed by atoms with Crippen molar-refractivity contribution in [2.75, 3.05) is 13.2 Å². The smallest absolute Gasteiger partial charge is 0.350 e. The zero-order valence-corrected chi connectivity index (χ0v) is 9.36. The van der Waals surface area contributed by atoms with E-state index in [2.05, 4.69) is 0 Å². The van der Waals surface area contributed by atoms with Crippen molar-refractivity contribution in [3.05, 3.63) is 11.5 Å². The summed E-state index contributed by atoms with van der Waals surface area (Å²) in [5.74, 6) is -3.58. The van der Waals surface area contributed by atoms with E-state index in [1.165, 1.54) is 0 Å². The average Bonchev–Trinajstić information content (AvgIpc) is 2.20. The fraction of sp³-hybridized carbons (Fsp3) is 0.600. The number of carbonyl (C=O) groups is 2. The van der Waals surface area contributed by atoms with Gasteiger partial charge in [-0.15, -0.1) is 0 Å². The standard InChI is InChI=1S/C10H16O6/c1-3-5-15-10(16-6-4-2)7(8(11)12)9(13)14/h3-6H2,1-2H3,(H,11,12)(H,13,14). The summed E-state index contributed by atoms with van der Waals surface area (Å²) in [6, 6.07) is 0. The third-order valence-corrected chi connectivity index (χ3v) is 1.51. The molecule has 0 radical (unpaired) electrons. The minimum Gasteiger partial charge on any atom is -0.477 e. The van der Waals surface area contributed by atoms with Crippen LogP contribution < -0.4 is 0 Å². The van der Waals surface area contributed by atoms with Gasteiger partial charge in [0.1, 0.15) is 0 Å². The van der Waals surface area contributed by atoms with Gasteiger partial charge in [0.05, 0.1) is 13.2 Å². The minimum atomic E-state index is -1.57. The molecule has 0 unspecified atom stereocenters. The Morgan fingerprint density at radius 2 is 1.31 bits per heavy atom. The molecule has 0 aromatic carbocycles. The number of hydrogen-bond acceptors (Lipinski definition) is 4. The van der Waals surface area contributed by atoms with Gasteiger partial charge in [-0.2, -0.15) is 0 Å². The third kappa shape index (κ3) is 4.68. The van der Waals surface area contributed by atoms with Crippen molar-refractivity contribution in [3.63, 3.8) is 0 Å². The zero-order chi connectivity index (χ0) is 12.6. The predicted octanol–water partition coefficient (Wildman–Crippen LogP) is 1.22. The topological polar surface area (TPSA) is 93.1 Å². The van der Waals surface area contributed by atoms with Crippen LogP contribution in [0.1, 0.15) is 26.7 Å². The molecule has 0 fully saturated rings. The van der Waals surface area contributed by atoms with Crippen molar-refractivity contribution in [1.29, 1.82) is 0 Å². The van der Waals surface area contributed by atoms with Crippen molar-refractivity contribution in [2.45, 2.75) is 26.7 Å². The number of carboxylic acid groups (broad SMARTS) is 2. The molecule has 6 nitrogen and oxygen atoms in total. The summed E-state index contributed by atoms with van der Waals surface area (Å²) in [4.78, 5) is 21.4. The highest BCUT2D eigenvalue weighted by Crippen LogP contribution is 2.10. The normalized spacial score (nSPS) is 9.38. The first-order valence-corrected chi connectivity index (χ1v) is 5.01. The molecular formula is C10H16O6. The Balaban J connectivity index is 4.94. The minimum absolute atomic E-state index is 0.211. The van der Waals surface area contributed by atoms with Gasteiger partial charge in [0.15, 0.2) is 0 Å². The van der Waals surface area contributed by atoms with Crippen molar-refractivity contribution in [3.8, 4) is 0 Å². The van der Waals surface area contributed by atoms with Gasteiger partial charge in [0, 0.05) is 0 Å². The summed E-state index contributed by atoms with van der Waals surface area (Å²) < 4.78 is 9.95. The summed E-state index contributed by atoms with van der Waals surface area (Å²) >= 11 is 0. The lowest BCUT2D eigenvalue weighted by Gasteiger charge is -2.12. The SMILES string of the molecule is CCCOC(OCCC)=C(C(=O)O)C(=O)O. The molecule has 0 spiro atoms. The molecule has 2 N–H and O–H groups in total. The molecule has 6 heteroatoms. The van der Waals surface area contributed by atoms with Gasteiger partial charge in [-0.1, -0.05) is 13.8 Å². The Labute approximate surface area is 93.5 Å². The highest BCUT2D eigenvalue weighted by Gasteiger charge is 2.25. The van der Waals surface area contributed by atoms with E-state index in [1.54, 1.807) is 0 Å². The van der Waals surface area contributed by atoms with Crippen LogP contribution in [-0.2, 0) is 19.1 Å². The molecule has 0 aromatic heterocycles. The van der Waals surface area contributed by atoms with Crippen molar-refractivity contribution < 1.29 is 29.3 Å². The molecule has 0 aliphatic heterocycles. The second-order valence-electron chi connectivity index (χ2n) is 2.97. The fourth-order valence-electron chi connectivity index (χ4n) is 0.842. The summed E-state index contributed by atoms with van der Waals surface area (Å²) in [5.41, 5.74) is -0.873. The molecule has 0 atom stereocenters. The maximum absolute atomic E-state index is 10.7. The molecule has 0 aromatic rings. The van der Waals surface area contributed by atoms with Gasteiger partial charge in [-0.05, 0) is 12.8 Å². The molecule has 0 rings (SSSR count). The highest BCUT2D eigenvalue weighted by molar-refractivity contribution is 6.12. The summed E-state index contributed by atoms with van der Waals surface area (Å²) in [6.07, 6.45) is 1.26. The third-order valence-electron chi connectivity index (χ3n) is 1.51. The van der Waals surface area contributed by atoms with Crippen LogP contribution in [0.5, 0.6) is 0 Å². The van der Waals surface area contributed by atoms with Gasteiger partial charge >= 0.3 is 17.9 Å². The molecule has 0 aliphatic rings. The van der Waals surface area contributed by atoms with Crippen LogP contribution >= 0.6 is 0 Å². The van der Waals surface area contributed by atoms with Crippen molar-refractivity contribution in [2.24, 2.45) is 0 Å². The highest BCUT2D eigenvalue weighted by atomic mass is 16.7. The van der Waals surface area contributed by atoms with Gasteiger partial charge in [-0.25, -0.2) is 9.59 Å².